The van der Waals surface area contributed by atoms with Gasteiger partial charge in [0.25, 0.3) is 0 Å². The zero-order valence-corrected chi connectivity index (χ0v) is 11.8. The second kappa shape index (κ2) is 5.15. The van der Waals surface area contributed by atoms with Gasteiger partial charge in [-0.2, -0.15) is 0 Å². The number of para-hydroxylation sites is 1. The van der Waals surface area contributed by atoms with E-state index in [1.54, 1.807) is 0 Å². The van der Waals surface area contributed by atoms with Crippen LogP contribution in [0.2, 0.25) is 0 Å². The van der Waals surface area contributed by atoms with Crippen LogP contribution in [-0.2, 0) is 6.42 Å². The van der Waals surface area contributed by atoms with Crippen LogP contribution in [0.5, 0.6) is 0 Å². The summed E-state index contributed by atoms with van der Waals surface area (Å²) in [5.41, 5.74) is 8.38. The van der Waals surface area contributed by atoms with Gasteiger partial charge in [0.15, 0.2) is 4.67 Å². The molecule has 0 saturated heterocycles. The lowest BCUT2D eigenvalue weighted by atomic mass is 10.0. The number of pyridine rings is 1. The Morgan fingerprint density at radius 1 is 1.16 bits per heavy atom. The molecule has 0 fully saturated rings. The molecule has 3 rings (SSSR count). The van der Waals surface area contributed by atoms with E-state index >= 15 is 0 Å². The number of nitrogens with two attached hydrogens (primary N) is 1. The van der Waals surface area contributed by atoms with Crippen molar-refractivity contribution in [2.45, 2.75) is 12.5 Å². The predicted molar refractivity (Wildman–Crippen MR) is 78.8 cm³/mol. The van der Waals surface area contributed by atoms with Crippen LogP contribution in [0.4, 0.5) is 0 Å². The first-order chi connectivity index (χ1) is 9.24. The van der Waals surface area contributed by atoms with Gasteiger partial charge in [0.2, 0.25) is 0 Å². The number of aromatic nitrogens is 1. The Kier molecular flexibility index (Phi) is 3.36. The van der Waals surface area contributed by atoms with E-state index in [1.165, 1.54) is 5.56 Å². The van der Waals surface area contributed by atoms with Crippen molar-refractivity contribution in [3.05, 3.63) is 64.7 Å². The number of rotatable bonds is 3. The molecule has 2 aromatic heterocycles. The number of hydrogen-bond donors (Lipinski definition) is 1. The van der Waals surface area contributed by atoms with Crippen molar-refractivity contribution in [3.8, 4) is 0 Å². The lowest BCUT2D eigenvalue weighted by Crippen LogP contribution is -2.12. The Hall–Kier alpha value is -1.65. The van der Waals surface area contributed by atoms with Gasteiger partial charge < -0.3 is 10.2 Å². The number of benzene rings is 1. The highest BCUT2D eigenvalue weighted by molar-refractivity contribution is 9.10. The smallest absolute Gasteiger partial charge is 0.169 e. The third-order valence-electron chi connectivity index (χ3n) is 3.14. The molecule has 0 aliphatic carbocycles. The molecule has 0 aliphatic rings. The Morgan fingerprint density at radius 3 is 2.79 bits per heavy atom. The Balaban J connectivity index is 1.93. The number of furan rings is 1. The first-order valence-electron chi connectivity index (χ1n) is 6.07. The van der Waals surface area contributed by atoms with E-state index in [1.807, 2.05) is 42.6 Å². The van der Waals surface area contributed by atoms with Crippen molar-refractivity contribution in [1.82, 2.24) is 4.98 Å². The first kappa shape index (κ1) is 12.4. The lowest BCUT2D eigenvalue weighted by molar-refractivity contribution is 0.448. The molecule has 1 aromatic carbocycles. The van der Waals surface area contributed by atoms with E-state index in [0.717, 1.165) is 23.1 Å². The summed E-state index contributed by atoms with van der Waals surface area (Å²) in [6.07, 6.45) is 2.55. The molecule has 3 nitrogen and oxygen atoms in total. The summed E-state index contributed by atoms with van der Waals surface area (Å²) in [4.78, 5) is 4.35. The van der Waals surface area contributed by atoms with Gasteiger partial charge in [0.05, 0.1) is 11.6 Å². The van der Waals surface area contributed by atoms with Gasteiger partial charge in [-0.15, -0.1) is 0 Å². The van der Waals surface area contributed by atoms with Crippen LogP contribution < -0.4 is 5.73 Å². The van der Waals surface area contributed by atoms with E-state index in [4.69, 9.17) is 10.2 Å². The number of hydrogen-bond acceptors (Lipinski definition) is 3. The Bertz CT molecular complexity index is 703. The summed E-state index contributed by atoms with van der Waals surface area (Å²) in [7, 11) is 0. The molecular formula is C15H13BrN2O. The van der Waals surface area contributed by atoms with Crippen molar-refractivity contribution in [2.75, 3.05) is 0 Å². The van der Waals surface area contributed by atoms with Gasteiger partial charge in [0.1, 0.15) is 5.76 Å². The van der Waals surface area contributed by atoms with Crippen LogP contribution >= 0.6 is 15.9 Å². The van der Waals surface area contributed by atoms with E-state index < -0.39 is 0 Å². The van der Waals surface area contributed by atoms with E-state index in [-0.39, 0.29) is 6.04 Å². The Morgan fingerprint density at radius 2 is 2.00 bits per heavy atom. The molecule has 96 valence electrons. The summed E-state index contributed by atoms with van der Waals surface area (Å²) in [6, 6.07) is 13.7. The molecule has 19 heavy (non-hydrogen) atoms. The third kappa shape index (κ3) is 2.55. The maximum Gasteiger partial charge on any atom is 0.169 e. The molecule has 1 unspecified atom stereocenters. The largest absolute Gasteiger partial charge is 0.453 e. The second-order valence-corrected chi connectivity index (χ2v) is 5.22. The van der Waals surface area contributed by atoms with Crippen LogP contribution in [0.1, 0.15) is 17.4 Å². The molecule has 2 heterocycles. The number of halogens is 1. The average Bonchev–Trinajstić information content (AvgIpc) is 2.86. The highest BCUT2D eigenvalue weighted by atomic mass is 79.9. The first-order valence-corrected chi connectivity index (χ1v) is 6.87. The Labute approximate surface area is 119 Å². The van der Waals surface area contributed by atoms with Crippen LogP contribution in [0.15, 0.2) is 57.7 Å². The van der Waals surface area contributed by atoms with Gasteiger partial charge in [-0.1, -0.05) is 18.2 Å². The standard InChI is InChI=1S/C15H13BrN2O/c16-15-6-5-14(19-15)12(17)9-10-7-8-18-13-4-2-1-3-11(10)13/h1-8,12H,9,17H2. The fourth-order valence-corrected chi connectivity index (χ4v) is 2.52. The summed E-state index contributed by atoms with van der Waals surface area (Å²) < 4.78 is 6.21. The van der Waals surface area contributed by atoms with E-state index in [0.29, 0.717) is 4.67 Å². The average molecular weight is 317 g/mol. The molecule has 0 saturated carbocycles. The van der Waals surface area contributed by atoms with Gasteiger partial charge >= 0.3 is 0 Å². The van der Waals surface area contributed by atoms with Gasteiger partial charge in [-0.25, -0.2) is 0 Å². The summed E-state index contributed by atoms with van der Waals surface area (Å²) in [6.45, 7) is 0. The molecule has 0 amide bonds. The van der Waals surface area contributed by atoms with Crippen molar-refractivity contribution in [3.63, 3.8) is 0 Å². The summed E-state index contributed by atoms with van der Waals surface area (Å²) in [5, 5.41) is 1.14. The SMILES string of the molecule is NC(Cc1ccnc2ccccc12)c1ccc(Br)o1. The van der Waals surface area contributed by atoms with E-state index in [2.05, 4.69) is 27.0 Å². The minimum Gasteiger partial charge on any atom is -0.453 e. The fraction of sp³-hybridized carbons (Fsp3) is 0.133. The van der Waals surface area contributed by atoms with Crippen LogP contribution in [0, 0.1) is 0 Å². The third-order valence-corrected chi connectivity index (χ3v) is 3.56. The fourth-order valence-electron chi connectivity index (χ4n) is 2.20. The molecule has 2 N–H and O–H groups in total. The second-order valence-electron chi connectivity index (χ2n) is 4.44. The molecule has 1 atom stereocenters. The maximum atomic E-state index is 6.20. The normalized spacial score (nSPS) is 12.7. The quantitative estimate of drug-likeness (QED) is 0.798. The zero-order valence-electron chi connectivity index (χ0n) is 10.2. The van der Waals surface area contributed by atoms with Gasteiger partial charge in [-0.05, 0) is 52.2 Å². The lowest BCUT2D eigenvalue weighted by Gasteiger charge is -2.11. The van der Waals surface area contributed by atoms with Crippen LogP contribution in [0.3, 0.4) is 0 Å². The van der Waals surface area contributed by atoms with Crippen LogP contribution in [0.25, 0.3) is 10.9 Å². The number of fused-ring (bicyclic) bond motifs is 1. The minimum atomic E-state index is -0.155. The van der Waals surface area contributed by atoms with Crippen molar-refractivity contribution in [1.29, 1.82) is 0 Å². The highest BCUT2D eigenvalue weighted by Crippen LogP contribution is 2.24. The summed E-state index contributed by atoms with van der Waals surface area (Å²) >= 11 is 3.29. The molecule has 0 aliphatic heterocycles. The summed E-state index contributed by atoms with van der Waals surface area (Å²) in [5.74, 6) is 0.785. The molecule has 0 bridgehead atoms. The molecule has 4 heteroatoms. The topological polar surface area (TPSA) is 52.0 Å². The highest BCUT2D eigenvalue weighted by Gasteiger charge is 2.13. The monoisotopic (exact) mass is 316 g/mol. The minimum absolute atomic E-state index is 0.155. The number of nitrogens with zero attached hydrogens (tertiary/aromatic N) is 1. The molecule has 0 spiro atoms. The van der Waals surface area contributed by atoms with Crippen molar-refractivity contribution in [2.24, 2.45) is 5.73 Å². The molecular weight excluding hydrogens is 304 g/mol. The van der Waals surface area contributed by atoms with Crippen molar-refractivity contribution < 1.29 is 4.42 Å². The molecule has 0 radical (unpaired) electrons. The van der Waals surface area contributed by atoms with Crippen molar-refractivity contribution >= 4 is 26.8 Å². The van der Waals surface area contributed by atoms with Crippen LogP contribution in [-0.4, -0.2) is 4.98 Å². The van der Waals surface area contributed by atoms with Gasteiger partial charge in [-0.3, -0.25) is 4.98 Å². The zero-order chi connectivity index (χ0) is 13.2. The van der Waals surface area contributed by atoms with E-state index in [9.17, 15) is 0 Å². The molecule has 3 aromatic rings. The predicted octanol–water partition coefficient (Wildman–Crippen LogP) is 3.83. The van der Waals surface area contributed by atoms with Gasteiger partial charge in [0, 0.05) is 11.6 Å². The maximum absolute atomic E-state index is 6.20.